The van der Waals surface area contributed by atoms with Gasteiger partial charge in [-0.05, 0) is 30.5 Å². The summed E-state index contributed by atoms with van der Waals surface area (Å²) in [4.78, 5) is 3.20. The van der Waals surface area contributed by atoms with Gasteiger partial charge < -0.3 is 15.8 Å². The predicted molar refractivity (Wildman–Crippen MR) is 55.3 cm³/mol. The zero-order chi connectivity index (χ0) is 9.71. The Morgan fingerprint density at radius 2 is 2.21 bits per heavy atom. The minimum atomic E-state index is 0.134. The second-order valence-electron chi connectivity index (χ2n) is 3.97. The van der Waals surface area contributed by atoms with Crippen molar-refractivity contribution in [3.63, 3.8) is 0 Å². The van der Waals surface area contributed by atoms with E-state index >= 15 is 0 Å². The van der Waals surface area contributed by atoms with E-state index in [4.69, 9.17) is 5.73 Å². The Morgan fingerprint density at radius 1 is 1.36 bits per heavy atom. The van der Waals surface area contributed by atoms with Crippen LogP contribution in [0, 0.1) is 0 Å². The molecule has 72 valence electrons. The number of nitrogens with one attached hydrogen (secondary N) is 1. The summed E-state index contributed by atoms with van der Waals surface area (Å²) >= 11 is 0. The maximum Gasteiger partial charge on any atom is 0.119 e. The number of rotatable bonds is 0. The molecule has 0 amide bonds. The van der Waals surface area contributed by atoms with Gasteiger partial charge in [-0.2, -0.15) is 0 Å². The quantitative estimate of drug-likeness (QED) is 0.583. The Kier molecular flexibility index (Phi) is 1.42. The van der Waals surface area contributed by atoms with Crippen molar-refractivity contribution in [1.82, 2.24) is 4.98 Å². The maximum atomic E-state index is 9.73. The van der Waals surface area contributed by atoms with Gasteiger partial charge in [0.05, 0.1) is 0 Å². The van der Waals surface area contributed by atoms with Crippen LogP contribution >= 0.6 is 0 Å². The van der Waals surface area contributed by atoms with E-state index in [0.29, 0.717) is 5.75 Å². The fourth-order valence-electron chi connectivity index (χ4n) is 2.35. The number of aromatic nitrogens is 1. The Balaban J connectivity index is 2.41. The van der Waals surface area contributed by atoms with Gasteiger partial charge >= 0.3 is 0 Å². The number of H-pyrrole nitrogens is 1. The molecule has 1 aromatic carbocycles. The zero-order valence-corrected chi connectivity index (χ0v) is 7.75. The Morgan fingerprint density at radius 3 is 3.07 bits per heavy atom. The number of phenolic OH excluding ortho intramolecular Hbond substituents is 1. The summed E-state index contributed by atoms with van der Waals surface area (Å²) in [6, 6.07) is 3.78. The highest BCUT2D eigenvalue weighted by atomic mass is 16.3. The first kappa shape index (κ1) is 7.88. The standard InChI is InChI=1S/C11H12N2O/c12-7-3-6-5-13-9-1-2-10(14)8(4-7)11(6)9/h1-2,5,7,13-14H,3-4,12H2. The average Bonchev–Trinajstić information content (AvgIpc) is 2.55. The van der Waals surface area contributed by atoms with Crippen LogP contribution in [0.4, 0.5) is 0 Å². The van der Waals surface area contributed by atoms with Crippen molar-refractivity contribution >= 4 is 10.9 Å². The summed E-state index contributed by atoms with van der Waals surface area (Å²) in [5.41, 5.74) is 9.25. The summed E-state index contributed by atoms with van der Waals surface area (Å²) in [5, 5.41) is 10.9. The smallest absolute Gasteiger partial charge is 0.119 e. The van der Waals surface area contributed by atoms with E-state index in [1.807, 2.05) is 12.3 Å². The van der Waals surface area contributed by atoms with Crippen LogP contribution in [0.1, 0.15) is 11.1 Å². The molecule has 4 N–H and O–H groups in total. The molecule has 0 saturated carbocycles. The minimum Gasteiger partial charge on any atom is -0.508 e. The molecule has 2 aromatic rings. The van der Waals surface area contributed by atoms with Crippen LogP contribution in [-0.2, 0) is 12.8 Å². The lowest BCUT2D eigenvalue weighted by atomic mass is 9.89. The molecule has 14 heavy (non-hydrogen) atoms. The van der Waals surface area contributed by atoms with Gasteiger partial charge in [0.2, 0.25) is 0 Å². The molecule has 1 unspecified atom stereocenters. The van der Waals surface area contributed by atoms with Gasteiger partial charge in [-0.3, -0.25) is 0 Å². The van der Waals surface area contributed by atoms with Crippen molar-refractivity contribution in [2.24, 2.45) is 5.73 Å². The third-order valence-electron chi connectivity index (χ3n) is 2.96. The van der Waals surface area contributed by atoms with Gasteiger partial charge in [0.15, 0.2) is 0 Å². The second kappa shape index (κ2) is 2.51. The molecule has 0 radical (unpaired) electrons. The number of phenols is 1. The van der Waals surface area contributed by atoms with Crippen LogP contribution in [0.3, 0.4) is 0 Å². The lowest BCUT2D eigenvalue weighted by molar-refractivity contribution is 0.464. The van der Waals surface area contributed by atoms with Crippen molar-refractivity contribution in [3.8, 4) is 5.75 Å². The summed E-state index contributed by atoms with van der Waals surface area (Å²) in [7, 11) is 0. The van der Waals surface area contributed by atoms with E-state index < -0.39 is 0 Å². The fourth-order valence-corrected chi connectivity index (χ4v) is 2.35. The van der Waals surface area contributed by atoms with E-state index in [9.17, 15) is 5.11 Å². The van der Waals surface area contributed by atoms with Crippen LogP contribution in [0.15, 0.2) is 18.3 Å². The monoisotopic (exact) mass is 188 g/mol. The van der Waals surface area contributed by atoms with Crippen LogP contribution < -0.4 is 5.73 Å². The lowest BCUT2D eigenvalue weighted by Gasteiger charge is -2.19. The summed E-state index contributed by atoms with van der Waals surface area (Å²) in [6.45, 7) is 0. The highest BCUT2D eigenvalue weighted by Crippen LogP contribution is 2.34. The van der Waals surface area contributed by atoms with Gasteiger partial charge in [-0.1, -0.05) is 0 Å². The van der Waals surface area contributed by atoms with Crippen molar-refractivity contribution < 1.29 is 5.11 Å². The molecule has 0 saturated heterocycles. The van der Waals surface area contributed by atoms with Gasteiger partial charge in [0.25, 0.3) is 0 Å². The first-order valence-electron chi connectivity index (χ1n) is 4.82. The predicted octanol–water partition coefficient (Wildman–Crippen LogP) is 1.30. The van der Waals surface area contributed by atoms with E-state index in [1.54, 1.807) is 6.07 Å². The topological polar surface area (TPSA) is 62.0 Å². The third kappa shape index (κ3) is 0.902. The Bertz CT molecular complexity index is 501. The van der Waals surface area contributed by atoms with Crippen LogP contribution in [-0.4, -0.2) is 16.1 Å². The van der Waals surface area contributed by atoms with E-state index in [1.165, 1.54) is 10.9 Å². The molecule has 1 aliphatic carbocycles. The number of hydrogen-bond donors (Lipinski definition) is 3. The largest absolute Gasteiger partial charge is 0.508 e. The van der Waals surface area contributed by atoms with Crippen LogP contribution in [0.25, 0.3) is 10.9 Å². The minimum absolute atomic E-state index is 0.134. The summed E-state index contributed by atoms with van der Waals surface area (Å²) in [6.07, 6.45) is 3.66. The molecule has 1 atom stereocenters. The molecule has 3 rings (SSSR count). The van der Waals surface area contributed by atoms with Crippen molar-refractivity contribution in [2.75, 3.05) is 0 Å². The molecular weight excluding hydrogens is 176 g/mol. The van der Waals surface area contributed by atoms with Crippen molar-refractivity contribution in [1.29, 1.82) is 0 Å². The molecule has 0 aliphatic heterocycles. The first-order chi connectivity index (χ1) is 6.75. The molecule has 3 nitrogen and oxygen atoms in total. The fraction of sp³-hybridized carbons (Fsp3) is 0.273. The Hall–Kier alpha value is -1.48. The molecular formula is C11H12N2O. The number of hydrogen-bond acceptors (Lipinski definition) is 2. The van der Waals surface area contributed by atoms with Crippen molar-refractivity contribution in [2.45, 2.75) is 18.9 Å². The summed E-state index contributed by atoms with van der Waals surface area (Å²) < 4.78 is 0. The highest BCUT2D eigenvalue weighted by molar-refractivity contribution is 5.89. The highest BCUT2D eigenvalue weighted by Gasteiger charge is 2.21. The number of benzene rings is 1. The summed E-state index contributed by atoms with van der Waals surface area (Å²) in [5.74, 6) is 0.369. The molecule has 0 spiro atoms. The van der Waals surface area contributed by atoms with E-state index in [-0.39, 0.29) is 6.04 Å². The number of aromatic hydroxyl groups is 1. The number of aromatic amines is 1. The maximum absolute atomic E-state index is 9.73. The lowest BCUT2D eigenvalue weighted by Crippen LogP contribution is -2.28. The molecule has 1 aromatic heterocycles. The van der Waals surface area contributed by atoms with Gasteiger partial charge in [-0.25, -0.2) is 0 Å². The Labute approximate surface area is 81.5 Å². The van der Waals surface area contributed by atoms with Gasteiger partial charge in [0, 0.05) is 28.7 Å². The SMILES string of the molecule is NC1Cc2c[nH]c3ccc(O)c(c23)C1. The van der Waals surface area contributed by atoms with E-state index in [2.05, 4.69) is 4.98 Å². The molecule has 1 aliphatic rings. The molecule has 1 heterocycles. The normalized spacial score (nSPS) is 20.2. The van der Waals surface area contributed by atoms with Gasteiger partial charge in [-0.15, -0.1) is 0 Å². The first-order valence-corrected chi connectivity index (χ1v) is 4.82. The van der Waals surface area contributed by atoms with Crippen LogP contribution in [0.2, 0.25) is 0 Å². The van der Waals surface area contributed by atoms with E-state index in [0.717, 1.165) is 23.9 Å². The number of nitrogens with two attached hydrogens (primary N) is 1. The zero-order valence-electron chi connectivity index (χ0n) is 7.75. The molecule has 0 fully saturated rings. The molecule has 3 heteroatoms. The van der Waals surface area contributed by atoms with Gasteiger partial charge in [0.1, 0.15) is 5.75 Å². The van der Waals surface area contributed by atoms with Crippen molar-refractivity contribution in [3.05, 3.63) is 29.5 Å². The second-order valence-corrected chi connectivity index (χ2v) is 3.97. The molecule has 0 bridgehead atoms. The average molecular weight is 188 g/mol. The van der Waals surface area contributed by atoms with Crippen LogP contribution in [0.5, 0.6) is 5.75 Å². The third-order valence-corrected chi connectivity index (χ3v) is 2.96.